The van der Waals surface area contributed by atoms with E-state index in [-0.39, 0.29) is 12.1 Å². The van der Waals surface area contributed by atoms with Crippen LogP contribution in [0, 0.1) is 0 Å². The van der Waals surface area contributed by atoms with Gasteiger partial charge in [-0.3, -0.25) is 0 Å². The Morgan fingerprint density at radius 1 is 1.18 bits per heavy atom. The van der Waals surface area contributed by atoms with E-state index in [9.17, 15) is 9.59 Å². The maximum absolute atomic E-state index is 11.9. The fourth-order valence-electron chi connectivity index (χ4n) is 1.99. The number of likely N-dealkylation sites (tertiary alicyclic amines) is 1. The maximum atomic E-state index is 11.9. The van der Waals surface area contributed by atoms with E-state index in [0.717, 1.165) is 0 Å². The number of nitrogens with zero attached hydrogens (tertiary/aromatic N) is 2. The van der Waals surface area contributed by atoms with Gasteiger partial charge in [-0.25, -0.2) is 9.59 Å². The molecule has 6 heteroatoms. The SMILES string of the molecule is CN(OC(=O)c1ccccc1)C1CN(C(=O)OC(C)(C)C)C1. The molecule has 1 aliphatic rings. The standard InChI is InChI=1S/C16H22N2O4/c1-16(2,3)21-15(20)18-10-13(11-18)17(4)22-14(19)12-8-6-5-7-9-12/h5-9,13H,10-11H2,1-4H3. The van der Waals surface area contributed by atoms with Gasteiger partial charge < -0.3 is 14.5 Å². The number of rotatable bonds is 3. The summed E-state index contributed by atoms with van der Waals surface area (Å²) in [7, 11) is 1.69. The monoisotopic (exact) mass is 306 g/mol. The van der Waals surface area contributed by atoms with E-state index >= 15 is 0 Å². The summed E-state index contributed by atoms with van der Waals surface area (Å²) < 4.78 is 5.28. The Morgan fingerprint density at radius 2 is 1.77 bits per heavy atom. The van der Waals surface area contributed by atoms with Crippen LogP contribution in [0.4, 0.5) is 4.79 Å². The lowest BCUT2D eigenvalue weighted by Gasteiger charge is -2.42. The molecule has 0 aromatic heterocycles. The lowest BCUT2D eigenvalue weighted by atomic mass is 10.1. The Bertz CT molecular complexity index is 533. The fraction of sp³-hybridized carbons (Fsp3) is 0.500. The molecule has 0 aliphatic carbocycles. The first-order valence-electron chi connectivity index (χ1n) is 7.24. The van der Waals surface area contributed by atoms with Crippen molar-refractivity contribution in [3.63, 3.8) is 0 Å². The van der Waals surface area contributed by atoms with Gasteiger partial charge in [0.05, 0.1) is 11.6 Å². The highest BCUT2D eigenvalue weighted by molar-refractivity contribution is 5.89. The van der Waals surface area contributed by atoms with Crippen molar-refractivity contribution in [2.45, 2.75) is 32.4 Å². The van der Waals surface area contributed by atoms with Crippen LogP contribution < -0.4 is 0 Å². The molecule has 1 amide bonds. The van der Waals surface area contributed by atoms with E-state index in [0.29, 0.717) is 18.7 Å². The average molecular weight is 306 g/mol. The van der Waals surface area contributed by atoms with Gasteiger partial charge in [-0.05, 0) is 32.9 Å². The molecule has 0 unspecified atom stereocenters. The Kier molecular flexibility index (Phi) is 4.71. The Labute approximate surface area is 130 Å². The zero-order chi connectivity index (χ0) is 16.3. The normalized spacial score (nSPS) is 15.4. The molecular formula is C16H22N2O4. The van der Waals surface area contributed by atoms with Gasteiger partial charge in [0.1, 0.15) is 5.60 Å². The molecule has 0 bridgehead atoms. The Hall–Kier alpha value is -2.08. The van der Waals surface area contributed by atoms with Gasteiger partial charge in [0.25, 0.3) is 0 Å². The van der Waals surface area contributed by atoms with Crippen LogP contribution in [-0.4, -0.2) is 53.8 Å². The minimum atomic E-state index is -0.506. The molecule has 120 valence electrons. The van der Waals surface area contributed by atoms with Crippen LogP contribution in [0.5, 0.6) is 0 Å². The van der Waals surface area contributed by atoms with Crippen LogP contribution in [0.1, 0.15) is 31.1 Å². The predicted molar refractivity (Wildman–Crippen MR) is 81.2 cm³/mol. The van der Waals surface area contributed by atoms with Crippen molar-refractivity contribution in [2.24, 2.45) is 0 Å². The van der Waals surface area contributed by atoms with Crippen molar-refractivity contribution in [1.29, 1.82) is 0 Å². The molecule has 1 aliphatic heterocycles. The summed E-state index contributed by atoms with van der Waals surface area (Å²) in [5.74, 6) is -0.404. The van der Waals surface area contributed by atoms with Crippen LogP contribution in [0.25, 0.3) is 0 Å². The number of amides is 1. The number of hydrogen-bond acceptors (Lipinski definition) is 5. The molecule has 2 rings (SSSR count). The highest BCUT2D eigenvalue weighted by atomic mass is 16.7. The van der Waals surface area contributed by atoms with Gasteiger partial charge in [-0.1, -0.05) is 18.2 Å². The van der Waals surface area contributed by atoms with E-state index in [2.05, 4.69) is 0 Å². The number of hydrogen-bond donors (Lipinski definition) is 0. The van der Waals surface area contributed by atoms with Crippen molar-refractivity contribution in [2.75, 3.05) is 20.1 Å². The van der Waals surface area contributed by atoms with Gasteiger partial charge in [0.2, 0.25) is 0 Å². The molecule has 1 aromatic rings. The first kappa shape index (κ1) is 16.3. The molecule has 0 spiro atoms. The van der Waals surface area contributed by atoms with Crippen LogP contribution in [0.3, 0.4) is 0 Å². The molecule has 6 nitrogen and oxygen atoms in total. The van der Waals surface area contributed by atoms with Gasteiger partial charge in [-0.15, -0.1) is 5.06 Å². The van der Waals surface area contributed by atoms with Gasteiger partial charge in [-0.2, -0.15) is 0 Å². The molecule has 0 N–H and O–H groups in total. The van der Waals surface area contributed by atoms with Crippen LogP contribution >= 0.6 is 0 Å². The van der Waals surface area contributed by atoms with Crippen molar-refractivity contribution in [3.8, 4) is 0 Å². The van der Waals surface area contributed by atoms with Crippen LogP contribution in [-0.2, 0) is 9.57 Å². The number of likely N-dealkylation sites (N-methyl/N-ethyl adjacent to an activating group) is 1. The third-order valence-corrected chi connectivity index (χ3v) is 3.26. The van der Waals surface area contributed by atoms with Gasteiger partial charge in [0, 0.05) is 20.1 Å². The molecule has 0 saturated carbocycles. The second-order valence-corrected chi connectivity index (χ2v) is 6.33. The number of benzene rings is 1. The zero-order valence-corrected chi connectivity index (χ0v) is 13.4. The highest BCUT2D eigenvalue weighted by Crippen LogP contribution is 2.19. The summed E-state index contributed by atoms with van der Waals surface area (Å²) in [6.07, 6.45) is -0.341. The van der Waals surface area contributed by atoms with Crippen molar-refractivity contribution in [1.82, 2.24) is 9.96 Å². The Morgan fingerprint density at radius 3 is 2.32 bits per heavy atom. The molecule has 1 heterocycles. The fourth-order valence-corrected chi connectivity index (χ4v) is 1.99. The highest BCUT2D eigenvalue weighted by Gasteiger charge is 2.37. The Balaban J connectivity index is 1.78. The molecule has 1 saturated heterocycles. The summed E-state index contributed by atoms with van der Waals surface area (Å²) >= 11 is 0. The van der Waals surface area contributed by atoms with E-state index in [1.54, 1.807) is 36.2 Å². The van der Waals surface area contributed by atoms with E-state index in [1.807, 2.05) is 26.8 Å². The number of hydroxylamine groups is 2. The number of carbonyl (C=O) groups excluding carboxylic acids is 2. The lowest BCUT2D eigenvalue weighted by molar-refractivity contribution is -0.149. The van der Waals surface area contributed by atoms with E-state index in [1.165, 1.54) is 5.06 Å². The van der Waals surface area contributed by atoms with Crippen molar-refractivity contribution in [3.05, 3.63) is 35.9 Å². The summed E-state index contributed by atoms with van der Waals surface area (Å²) in [4.78, 5) is 30.6. The summed E-state index contributed by atoms with van der Waals surface area (Å²) in [6.45, 7) is 6.45. The third kappa shape index (κ3) is 4.21. The number of ether oxygens (including phenoxy) is 1. The second-order valence-electron chi connectivity index (χ2n) is 6.33. The molecule has 0 radical (unpaired) electrons. The van der Waals surface area contributed by atoms with Gasteiger partial charge in [0.15, 0.2) is 0 Å². The molecule has 0 atom stereocenters. The number of carbonyl (C=O) groups is 2. The average Bonchev–Trinajstić information content (AvgIpc) is 2.35. The predicted octanol–water partition coefficient (Wildman–Crippen LogP) is 2.31. The second kappa shape index (κ2) is 6.36. The first-order chi connectivity index (χ1) is 10.3. The van der Waals surface area contributed by atoms with E-state index < -0.39 is 11.6 Å². The van der Waals surface area contributed by atoms with E-state index in [4.69, 9.17) is 9.57 Å². The summed E-state index contributed by atoms with van der Waals surface area (Å²) in [5, 5.41) is 1.50. The first-order valence-corrected chi connectivity index (χ1v) is 7.24. The van der Waals surface area contributed by atoms with Crippen molar-refractivity contribution >= 4 is 12.1 Å². The molecule has 1 aromatic carbocycles. The minimum absolute atomic E-state index is 0.0137. The largest absolute Gasteiger partial charge is 0.444 e. The molecule has 22 heavy (non-hydrogen) atoms. The molecular weight excluding hydrogens is 284 g/mol. The quantitative estimate of drug-likeness (QED) is 0.802. The lowest BCUT2D eigenvalue weighted by Crippen LogP contribution is -2.61. The minimum Gasteiger partial charge on any atom is -0.444 e. The van der Waals surface area contributed by atoms with Gasteiger partial charge >= 0.3 is 12.1 Å². The topological polar surface area (TPSA) is 59.1 Å². The molecule has 1 fully saturated rings. The van der Waals surface area contributed by atoms with Crippen LogP contribution in [0.2, 0.25) is 0 Å². The third-order valence-electron chi connectivity index (χ3n) is 3.26. The van der Waals surface area contributed by atoms with Crippen molar-refractivity contribution < 1.29 is 19.2 Å². The maximum Gasteiger partial charge on any atom is 0.410 e. The summed E-state index contributed by atoms with van der Waals surface area (Å²) in [5.41, 5.74) is -0.00826. The zero-order valence-electron chi connectivity index (χ0n) is 13.4. The van der Waals surface area contributed by atoms with Crippen LogP contribution in [0.15, 0.2) is 30.3 Å². The smallest absolute Gasteiger partial charge is 0.410 e. The summed E-state index contributed by atoms with van der Waals surface area (Å²) in [6, 6.07) is 8.79.